The second-order valence-electron chi connectivity index (χ2n) is 8.44. The van der Waals surface area contributed by atoms with Crippen LogP contribution in [0.3, 0.4) is 0 Å². The molecule has 2 atom stereocenters. The molecule has 2 aromatic carbocycles. The van der Waals surface area contributed by atoms with Crippen LogP contribution in [-0.4, -0.2) is 47.7 Å². The number of thioether (sulfide) groups is 1. The van der Waals surface area contributed by atoms with E-state index in [0.29, 0.717) is 38.8 Å². The molecule has 184 valence electrons. The van der Waals surface area contributed by atoms with Gasteiger partial charge >= 0.3 is 5.97 Å². The summed E-state index contributed by atoms with van der Waals surface area (Å²) in [7, 11) is 2.87. The fraction of sp³-hybridized carbons (Fsp3) is 0.308. The normalized spacial score (nSPS) is 20.7. The van der Waals surface area contributed by atoms with Crippen molar-refractivity contribution in [1.82, 2.24) is 10.2 Å². The van der Waals surface area contributed by atoms with Crippen molar-refractivity contribution < 1.29 is 28.9 Å². The van der Waals surface area contributed by atoms with Crippen molar-refractivity contribution in [3.05, 3.63) is 69.8 Å². The molecule has 2 heterocycles. The highest BCUT2D eigenvalue weighted by Crippen LogP contribution is 2.47. The SMILES string of the molecule is COC(=O)C1=C(C)N[C@@H]2S/C(=C\c3cccc(O)c3)C(=O)N2[C@H]1c1ccc(OC(C)C)c(OC)c1. The van der Waals surface area contributed by atoms with E-state index in [1.165, 1.54) is 18.9 Å². The molecule has 1 fully saturated rings. The number of ether oxygens (including phenoxy) is 3. The maximum atomic E-state index is 13.6. The molecule has 2 aliphatic heterocycles. The lowest BCUT2D eigenvalue weighted by Gasteiger charge is -2.39. The molecule has 2 aromatic rings. The first-order valence-electron chi connectivity index (χ1n) is 11.1. The third-order valence-corrected chi connectivity index (χ3v) is 6.79. The molecular formula is C26H28N2O6S. The number of fused-ring (bicyclic) bond motifs is 1. The number of amides is 1. The molecule has 0 radical (unpaired) electrons. The lowest BCUT2D eigenvalue weighted by Crippen LogP contribution is -2.49. The Morgan fingerprint density at radius 2 is 1.94 bits per heavy atom. The van der Waals surface area contributed by atoms with Crippen LogP contribution in [0.2, 0.25) is 0 Å². The van der Waals surface area contributed by atoms with Crippen LogP contribution in [0.5, 0.6) is 17.2 Å². The van der Waals surface area contributed by atoms with Crippen molar-refractivity contribution in [3.8, 4) is 17.2 Å². The number of allylic oxidation sites excluding steroid dienone is 1. The van der Waals surface area contributed by atoms with Gasteiger partial charge in [0, 0.05) is 5.70 Å². The highest BCUT2D eigenvalue weighted by Gasteiger charge is 2.48. The fourth-order valence-electron chi connectivity index (χ4n) is 4.19. The zero-order valence-corrected chi connectivity index (χ0v) is 21.0. The zero-order chi connectivity index (χ0) is 25.3. The lowest BCUT2D eigenvalue weighted by atomic mass is 9.93. The van der Waals surface area contributed by atoms with Gasteiger partial charge in [-0.05, 0) is 62.2 Å². The van der Waals surface area contributed by atoms with Crippen molar-refractivity contribution in [3.63, 3.8) is 0 Å². The van der Waals surface area contributed by atoms with Crippen LogP contribution in [0, 0.1) is 0 Å². The molecule has 9 heteroatoms. The predicted molar refractivity (Wildman–Crippen MR) is 134 cm³/mol. The quantitative estimate of drug-likeness (QED) is 0.454. The van der Waals surface area contributed by atoms with Crippen molar-refractivity contribution in [2.24, 2.45) is 0 Å². The van der Waals surface area contributed by atoms with Crippen molar-refractivity contribution in [2.45, 2.75) is 38.4 Å². The van der Waals surface area contributed by atoms with E-state index in [2.05, 4.69) is 5.32 Å². The zero-order valence-electron chi connectivity index (χ0n) is 20.2. The minimum atomic E-state index is -0.703. The molecule has 0 saturated carbocycles. The highest BCUT2D eigenvalue weighted by molar-refractivity contribution is 8.05. The summed E-state index contributed by atoms with van der Waals surface area (Å²) in [5.41, 5.74) is 1.94. The van der Waals surface area contributed by atoms with Crippen LogP contribution in [-0.2, 0) is 14.3 Å². The Hall–Kier alpha value is -3.59. The predicted octanol–water partition coefficient (Wildman–Crippen LogP) is 4.18. The Morgan fingerprint density at radius 1 is 1.17 bits per heavy atom. The number of rotatable bonds is 6. The molecule has 2 N–H and O–H groups in total. The van der Waals surface area contributed by atoms with Gasteiger partial charge in [0.05, 0.1) is 36.8 Å². The Kier molecular flexibility index (Phi) is 6.98. The number of esters is 1. The lowest BCUT2D eigenvalue weighted by molar-refractivity contribution is -0.138. The summed E-state index contributed by atoms with van der Waals surface area (Å²) in [6, 6.07) is 11.4. The van der Waals surface area contributed by atoms with E-state index in [1.54, 1.807) is 55.3 Å². The molecule has 2 aliphatic rings. The average Bonchev–Trinajstić information content (AvgIpc) is 3.12. The topological polar surface area (TPSA) is 97.3 Å². The van der Waals surface area contributed by atoms with Crippen molar-refractivity contribution in [1.29, 1.82) is 0 Å². The van der Waals surface area contributed by atoms with E-state index < -0.39 is 17.5 Å². The van der Waals surface area contributed by atoms with Crippen LogP contribution in [0.4, 0.5) is 0 Å². The third kappa shape index (κ3) is 4.81. The number of hydrogen-bond donors (Lipinski definition) is 2. The van der Waals surface area contributed by atoms with E-state index in [0.717, 1.165) is 0 Å². The molecule has 0 bridgehead atoms. The first kappa shape index (κ1) is 24.5. The second-order valence-corrected chi connectivity index (χ2v) is 9.56. The van der Waals surface area contributed by atoms with Crippen LogP contribution < -0.4 is 14.8 Å². The summed E-state index contributed by atoms with van der Waals surface area (Å²) in [6.07, 6.45) is 1.68. The average molecular weight is 497 g/mol. The number of carbonyl (C=O) groups excluding carboxylic acids is 2. The van der Waals surface area contributed by atoms with Gasteiger partial charge in [-0.3, -0.25) is 9.69 Å². The van der Waals surface area contributed by atoms with E-state index in [-0.39, 0.29) is 17.8 Å². The number of benzene rings is 2. The summed E-state index contributed by atoms with van der Waals surface area (Å²) in [4.78, 5) is 28.6. The first-order valence-corrected chi connectivity index (χ1v) is 12.0. The van der Waals surface area contributed by atoms with Crippen molar-refractivity contribution in [2.75, 3.05) is 14.2 Å². The standard InChI is InChI=1S/C26H28N2O6S/c1-14(2)34-19-10-9-17(13-20(19)32-4)23-22(25(31)33-5)15(3)27-26-28(23)24(30)21(35-26)12-16-7-6-8-18(29)11-16/h6-14,23,26-27,29H,1-5H3/b21-12-/t23-,26-/m0/s1. The van der Waals surface area contributed by atoms with Crippen LogP contribution in [0.25, 0.3) is 6.08 Å². The van der Waals surface area contributed by atoms with E-state index in [9.17, 15) is 14.7 Å². The van der Waals surface area contributed by atoms with Gasteiger partial charge in [0.15, 0.2) is 17.0 Å². The number of hydrogen-bond acceptors (Lipinski definition) is 8. The van der Waals surface area contributed by atoms with Gasteiger partial charge in [0.25, 0.3) is 5.91 Å². The van der Waals surface area contributed by atoms with E-state index >= 15 is 0 Å². The summed E-state index contributed by atoms with van der Waals surface area (Å²) in [5.74, 6) is 0.427. The van der Waals surface area contributed by atoms with Crippen LogP contribution in [0.1, 0.15) is 37.9 Å². The largest absolute Gasteiger partial charge is 0.508 e. The number of methoxy groups -OCH3 is 2. The molecule has 35 heavy (non-hydrogen) atoms. The monoisotopic (exact) mass is 496 g/mol. The molecule has 0 unspecified atom stereocenters. The van der Waals surface area contributed by atoms with Gasteiger partial charge in [0.2, 0.25) is 0 Å². The van der Waals surface area contributed by atoms with Gasteiger partial charge in [-0.15, -0.1) is 0 Å². The van der Waals surface area contributed by atoms with Gasteiger partial charge in [-0.2, -0.15) is 0 Å². The molecule has 1 amide bonds. The fourth-order valence-corrected chi connectivity index (χ4v) is 5.41. The summed E-state index contributed by atoms with van der Waals surface area (Å²) < 4.78 is 16.5. The summed E-state index contributed by atoms with van der Waals surface area (Å²) >= 11 is 1.35. The molecule has 0 aromatic heterocycles. The number of nitrogens with zero attached hydrogens (tertiary/aromatic N) is 1. The molecular weight excluding hydrogens is 468 g/mol. The van der Waals surface area contributed by atoms with Gasteiger partial charge in [-0.25, -0.2) is 4.79 Å². The molecule has 0 spiro atoms. The van der Waals surface area contributed by atoms with Gasteiger partial charge < -0.3 is 24.6 Å². The van der Waals surface area contributed by atoms with Crippen molar-refractivity contribution >= 4 is 29.7 Å². The molecule has 0 aliphatic carbocycles. The second kappa shape index (κ2) is 9.95. The van der Waals surface area contributed by atoms with E-state index in [4.69, 9.17) is 14.2 Å². The number of carbonyl (C=O) groups is 2. The Bertz CT molecular complexity index is 1220. The summed E-state index contributed by atoms with van der Waals surface area (Å²) in [5, 5.41) is 13.1. The number of phenols is 1. The van der Waals surface area contributed by atoms with Gasteiger partial charge in [-0.1, -0.05) is 30.0 Å². The molecule has 8 nitrogen and oxygen atoms in total. The maximum absolute atomic E-state index is 13.6. The Morgan fingerprint density at radius 3 is 2.60 bits per heavy atom. The maximum Gasteiger partial charge on any atom is 0.337 e. The first-order chi connectivity index (χ1) is 16.7. The number of nitrogens with one attached hydrogen (secondary N) is 1. The number of phenolic OH excluding ortho intramolecular Hbond substituents is 1. The minimum Gasteiger partial charge on any atom is -0.508 e. The van der Waals surface area contributed by atoms with E-state index in [1.807, 2.05) is 26.0 Å². The van der Waals surface area contributed by atoms with Crippen LogP contribution >= 0.6 is 11.8 Å². The smallest absolute Gasteiger partial charge is 0.337 e. The summed E-state index contributed by atoms with van der Waals surface area (Å²) in [6.45, 7) is 5.64. The minimum absolute atomic E-state index is 0.0486. The Labute approximate surface area is 208 Å². The molecule has 4 rings (SSSR count). The third-order valence-electron chi connectivity index (χ3n) is 5.67. The van der Waals surface area contributed by atoms with Gasteiger partial charge in [0.1, 0.15) is 5.75 Å². The number of aromatic hydroxyl groups is 1. The highest BCUT2D eigenvalue weighted by atomic mass is 32.2. The Balaban J connectivity index is 1.80. The van der Waals surface area contributed by atoms with Crippen LogP contribution in [0.15, 0.2) is 58.6 Å². The molecule has 1 saturated heterocycles.